The van der Waals surface area contributed by atoms with E-state index in [-0.39, 0.29) is 0 Å². The van der Waals surface area contributed by atoms with Crippen molar-refractivity contribution in [1.82, 2.24) is 0 Å². The Kier molecular flexibility index (Phi) is 51.5. The molecule has 0 aromatic rings. The Balaban J connectivity index is -0.000000126. The van der Waals surface area contributed by atoms with Gasteiger partial charge in [0, 0.05) is 20.1 Å². The Labute approximate surface area is 234 Å². The van der Waals surface area contributed by atoms with Crippen LogP contribution in [0.25, 0.3) is 0 Å². The van der Waals surface area contributed by atoms with Gasteiger partial charge in [0.1, 0.15) is 6.29 Å². The monoisotopic (exact) mass is 529 g/mol. The third-order valence-corrected chi connectivity index (χ3v) is 5.94. The summed E-state index contributed by atoms with van der Waals surface area (Å²) in [6.45, 7) is 23.9. The average molecular weight is 529 g/mol. The maximum atomic E-state index is 9.97. The third-order valence-electron chi connectivity index (χ3n) is 5.94. The van der Waals surface area contributed by atoms with E-state index in [0.717, 1.165) is 49.4 Å². The molecule has 0 radical (unpaired) electrons. The normalized spacial score (nSPS) is 18.2. The predicted molar refractivity (Wildman–Crippen MR) is 165 cm³/mol. The van der Waals surface area contributed by atoms with Crippen LogP contribution < -0.4 is 0 Å². The Bertz CT molecular complexity index is 414. The van der Waals surface area contributed by atoms with Gasteiger partial charge in [0.05, 0.1) is 6.61 Å². The number of hydrogen-bond donors (Lipinski definition) is 0. The van der Waals surface area contributed by atoms with Crippen LogP contribution >= 0.6 is 0 Å². The molecule has 4 atom stereocenters. The van der Waals surface area contributed by atoms with Crippen LogP contribution in [0.2, 0.25) is 0 Å². The minimum Gasteiger partial charge on any atom is -0.468 e. The minimum atomic E-state index is 0.558. The first-order chi connectivity index (χ1) is 17.8. The van der Waals surface area contributed by atoms with Crippen LogP contribution in [0.1, 0.15) is 140 Å². The Morgan fingerprint density at radius 2 is 1.49 bits per heavy atom. The van der Waals surface area contributed by atoms with Crippen molar-refractivity contribution in [1.29, 1.82) is 0 Å². The van der Waals surface area contributed by atoms with E-state index >= 15 is 0 Å². The predicted octanol–water partition coefficient (Wildman–Crippen LogP) is 9.78. The quantitative estimate of drug-likeness (QED) is 0.136. The second kappa shape index (κ2) is 41.8. The van der Waals surface area contributed by atoms with Crippen molar-refractivity contribution in [2.24, 2.45) is 29.6 Å². The van der Waals surface area contributed by atoms with Crippen molar-refractivity contribution in [2.45, 2.75) is 140 Å². The zero-order valence-electron chi connectivity index (χ0n) is 27.0. The smallest absolute Gasteiger partial charge is 0.293 e. The van der Waals surface area contributed by atoms with Gasteiger partial charge in [-0.25, -0.2) is 0 Å². The van der Waals surface area contributed by atoms with E-state index < -0.39 is 0 Å². The molecule has 0 saturated heterocycles. The molecule has 0 heterocycles. The van der Waals surface area contributed by atoms with Gasteiger partial charge in [-0.3, -0.25) is 4.79 Å². The molecule has 0 spiro atoms. The molecule has 1 aliphatic carbocycles. The number of carbonyl (C=O) groups excluding carboxylic acids is 2. The summed E-state index contributed by atoms with van der Waals surface area (Å²) < 4.78 is 9.93. The van der Waals surface area contributed by atoms with Gasteiger partial charge in [-0.05, 0) is 61.7 Å². The largest absolute Gasteiger partial charge is 0.468 e. The minimum absolute atomic E-state index is 0.558. The molecule has 1 fully saturated rings. The SMILES string of the molecule is C#C.CC.CC1CCC(COC=O)CC1C.CCC.CCCC(COC)CC(C)C.CCCCCC=O. The zero-order chi connectivity index (χ0) is 29.9. The van der Waals surface area contributed by atoms with E-state index in [1.165, 1.54) is 57.8 Å². The number of carbonyl (C=O) groups is 2. The first kappa shape index (κ1) is 45.6. The van der Waals surface area contributed by atoms with E-state index in [1.807, 2.05) is 13.8 Å². The molecule has 0 aliphatic heterocycles. The van der Waals surface area contributed by atoms with Crippen molar-refractivity contribution in [2.75, 3.05) is 20.3 Å². The Hall–Kier alpha value is -1.34. The van der Waals surface area contributed by atoms with E-state index in [4.69, 9.17) is 9.47 Å². The molecule has 1 aliphatic rings. The van der Waals surface area contributed by atoms with Crippen molar-refractivity contribution >= 4 is 12.8 Å². The summed E-state index contributed by atoms with van der Waals surface area (Å²) in [6, 6.07) is 0. The average Bonchev–Trinajstić information content (AvgIpc) is 2.89. The number of unbranched alkanes of at least 4 members (excludes halogenated alkanes) is 3. The second-order valence-corrected chi connectivity index (χ2v) is 10.2. The number of terminal acetylenes is 1. The van der Waals surface area contributed by atoms with Crippen LogP contribution in [0.5, 0.6) is 0 Å². The van der Waals surface area contributed by atoms with Crippen LogP contribution in [-0.4, -0.2) is 33.1 Å². The van der Waals surface area contributed by atoms with Gasteiger partial charge in [-0.2, -0.15) is 0 Å². The van der Waals surface area contributed by atoms with Crippen molar-refractivity contribution in [3.8, 4) is 12.8 Å². The molecule has 1 rings (SSSR count). The van der Waals surface area contributed by atoms with Crippen LogP contribution in [0, 0.1) is 42.4 Å². The fourth-order valence-electron chi connectivity index (χ4n) is 4.04. The van der Waals surface area contributed by atoms with Gasteiger partial charge in [0.2, 0.25) is 0 Å². The number of hydrogen-bond acceptors (Lipinski definition) is 4. The number of aldehydes is 1. The fraction of sp³-hybridized carbons (Fsp3) is 0.879. The van der Waals surface area contributed by atoms with Crippen molar-refractivity contribution in [3.05, 3.63) is 0 Å². The second-order valence-electron chi connectivity index (χ2n) is 10.2. The molecular weight excluding hydrogens is 460 g/mol. The van der Waals surface area contributed by atoms with E-state index in [2.05, 4.69) is 68.2 Å². The molecule has 4 unspecified atom stereocenters. The van der Waals surface area contributed by atoms with Crippen molar-refractivity contribution in [3.63, 3.8) is 0 Å². The van der Waals surface area contributed by atoms with Gasteiger partial charge in [-0.1, -0.05) is 101 Å². The van der Waals surface area contributed by atoms with Gasteiger partial charge >= 0.3 is 0 Å². The number of rotatable bonds is 13. The molecule has 37 heavy (non-hydrogen) atoms. The van der Waals surface area contributed by atoms with Gasteiger partial charge in [0.15, 0.2) is 0 Å². The summed E-state index contributed by atoms with van der Waals surface area (Å²) >= 11 is 0. The lowest BCUT2D eigenvalue weighted by Gasteiger charge is -2.31. The van der Waals surface area contributed by atoms with Gasteiger partial charge in [-0.15, -0.1) is 12.8 Å². The summed E-state index contributed by atoms with van der Waals surface area (Å²) in [6.07, 6.45) is 22.1. The summed E-state index contributed by atoms with van der Waals surface area (Å²) in [5, 5.41) is 0. The summed E-state index contributed by atoms with van der Waals surface area (Å²) in [5.41, 5.74) is 0. The molecule has 0 aromatic heterocycles. The maximum absolute atomic E-state index is 9.97. The lowest BCUT2D eigenvalue weighted by atomic mass is 9.76. The molecular formula is C33H68O4. The molecule has 0 bridgehead atoms. The molecule has 0 amide bonds. The molecule has 0 N–H and O–H groups in total. The van der Waals surface area contributed by atoms with Crippen molar-refractivity contribution < 1.29 is 19.1 Å². The lowest BCUT2D eigenvalue weighted by Crippen LogP contribution is -2.23. The number of ether oxygens (including phenoxy) is 2. The van der Waals surface area contributed by atoms with Gasteiger partial charge in [0.25, 0.3) is 6.47 Å². The van der Waals surface area contributed by atoms with E-state index in [0.29, 0.717) is 19.0 Å². The Morgan fingerprint density at radius 3 is 1.86 bits per heavy atom. The highest BCUT2D eigenvalue weighted by molar-refractivity contribution is 5.48. The fourth-order valence-corrected chi connectivity index (χ4v) is 4.04. The highest BCUT2D eigenvalue weighted by Crippen LogP contribution is 2.33. The molecule has 0 aromatic carbocycles. The molecule has 1 saturated carbocycles. The summed E-state index contributed by atoms with van der Waals surface area (Å²) in [4.78, 5) is 19.7. The summed E-state index contributed by atoms with van der Waals surface area (Å²) in [7, 11) is 1.79. The maximum Gasteiger partial charge on any atom is 0.293 e. The lowest BCUT2D eigenvalue weighted by molar-refractivity contribution is -0.130. The van der Waals surface area contributed by atoms with Gasteiger partial charge < -0.3 is 14.3 Å². The highest BCUT2D eigenvalue weighted by Gasteiger charge is 2.24. The highest BCUT2D eigenvalue weighted by atomic mass is 16.5. The molecule has 4 nitrogen and oxygen atoms in total. The van der Waals surface area contributed by atoms with Crippen LogP contribution in [0.4, 0.5) is 0 Å². The van der Waals surface area contributed by atoms with Crippen LogP contribution in [-0.2, 0) is 19.1 Å². The number of methoxy groups -OCH3 is 1. The first-order valence-corrected chi connectivity index (χ1v) is 15.1. The molecule has 4 heteroatoms. The van der Waals surface area contributed by atoms with E-state index in [9.17, 15) is 9.59 Å². The van der Waals surface area contributed by atoms with Crippen LogP contribution in [0.15, 0.2) is 0 Å². The first-order valence-electron chi connectivity index (χ1n) is 15.1. The van der Waals surface area contributed by atoms with E-state index in [1.54, 1.807) is 7.11 Å². The molecule has 224 valence electrons. The summed E-state index contributed by atoms with van der Waals surface area (Å²) in [5.74, 6) is 3.84. The third kappa shape index (κ3) is 42.0. The van der Waals surface area contributed by atoms with Crippen LogP contribution in [0.3, 0.4) is 0 Å². The Morgan fingerprint density at radius 1 is 0.919 bits per heavy atom. The zero-order valence-corrected chi connectivity index (χ0v) is 27.0. The topological polar surface area (TPSA) is 52.6 Å². The standard InChI is InChI=1S/C10H18O2.C10H22O.C6H12O.C3H8.C2H6.C2H2/c1-8-3-4-10(5-9(8)2)6-12-7-11;1-5-6-10(8-11-4)7-9(2)3;1-2-3-4-5-6-7;1-3-2;2*1-2/h7-10H,3-6H2,1-2H3;9-10H,5-8H2,1-4H3;6H,2-5H2,1H3;3H2,1-2H3;1-2H3;1-2H.